The number of hydrogen-bond donors (Lipinski definition) is 1. The van der Waals surface area contributed by atoms with E-state index >= 15 is 0 Å². The average molecular weight is 552 g/mol. The number of amides is 4. The molecule has 2 heterocycles. The Morgan fingerprint density at radius 3 is 1.22 bits per heavy atom. The molecule has 5 aromatic rings. The van der Waals surface area contributed by atoms with Crippen LogP contribution >= 0.6 is 0 Å². The molecule has 1 N–H and O–H groups in total. The minimum absolute atomic E-state index is 0. The quantitative estimate of drug-likeness (QED) is 0.178. The molecule has 2 aliphatic rings. The number of fused-ring (bicyclic) bond motifs is 2. The Labute approximate surface area is 238 Å². The van der Waals surface area contributed by atoms with Crippen molar-refractivity contribution in [3.63, 3.8) is 0 Å². The highest BCUT2D eigenvalue weighted by Crippen LogP contribution is 2.46. The van der Waals surface area contributed by atoms with E-state index in [1.807, 2.05) is 43.3 Å². The first kappa shape index (κ1) is 28.1. The van der Waals surface area contributed by atoms with Gasteiger partial charge in [0.15, 0.2) is 0 Å². The fourth-order valence-corrected chi connectivity index (χ4v) is 6.42. The molecule has 0 atom stereocenters. The van der Waals surface area contributed by atoms with Crippen LogP contribution in [-0.4, -0.2) is 83.8 Å². The van der Waals surface area contributed by atoms with Crippen molar-refractivity contribution in [2.75, 3.05) is 40.3 Å². The molecule has 0 aromatic heterocycles. The maximum Gasteiger partial charge on any atom is 0.261 e. The Morgan fingerprint density at radius 2 is 0.902 bits per heavy atom. The number of nitrogens with zero attached hydrogens (tertiary/aromatic N) is 3. The second-order valence-electron chi connectivity index (χ2n) is 10.5. The number of hydrogen-bond acceptors (Lipinski definition) is 6. The maximum atomic E-state index is 13.5. The number of benzene rings is 5. The summed E-state index contributed by atoms with van der Waals surface area (Å²) in [5.74, 6) is -1.42. The van der Waals surface area contributed by atoms with Crippen LogP contribution in [0.1, 0.15) is 62.7 Å². The summed E-state index contributed by atoms with van der Waals surface area (Å²) in [4.78, 5) is 58.0. The molecule has 0 unspecified atom stereocenters. The van der Waals surface area contributed by atoms with E-state index in [0.717, 1.165) is 43.8 Å². The molecule has 0 spiro atoms. The Bertz CT molecular complexity index is 1810. The third-order valence-corrected chi connectivity index (χ3v) is 8.11. The van der Waals surface area contributed by atoms with Gasteiger partial charge in [0.05, 0.1) is 13.2 Å². The molecule has 4 amide bonds. The van der Waals surface area contributed by atoms with Crippen LogP contribution in [0, 0.1) is 0 Å². The van der Waals surface area contributed by atoms with Crippen molar-refractivity contribution in [3.8, 4) is 0 Å². The molecule has 0 radical (unpaired) electrons. The summed E-state index contributed by atoms with van der Waals surface area (Å²) in [5.41, 5.74) is 1.86. The molecule has 0 saturated heterocycles. The second-order valence-corrected chi connectivity index (χ2v) is 10.5. The molecule has 210 valence electrons. The SMILES string of the molecule is C.C.CN(C)CCCN1C(=O)c2ccc3c4ccc5c6c(ccc(c7ccc(c2c37)C1=O)c64)C(=O)N(CCO)C5=O. The lowest BCUT2D eigenvalue weighted by Crippen LogP contribution is -2.42. The molecule has 7 rings (SSSR count). The highest BCUT2D eigenvalue weighted by Gasteiger charge is 2.36. The molecular weight excluding hydrogens is 518 g/mol. The fraction of sp³-hybridized carbons (Fsp3) is 0.273. The summed E-state index contributed by atoms with van der Waals surface area (Å²) in [6.45, 7) is 0.745. The van der Waals surface area contributed by atoms with E-state index in [-0.39, 0.29) is 39.8 Å². The van der Waals surface area contributed by atoms with Crippen molar-refractivity contribution in [3.05, 3.63) is 70.8 Å². The van der Waals surface area contributed by atoms with E-state index in [1.54, 1.807) is 24.3 Å². The molecule has 8 heteroatoms. The van der Waals surface area contributed by atoms with Gasteiger partial charge in [0, 0.05) is 39.6 Å². The maximum absolute atomic E-state index is 13.5. The summed E-state index contributed by atoms with van der Waals surface area (Å²) in [6, 6.07) is 14.6. The smallest absolute Gasteiger partial charge is 0.261 e. The van der Waals surface area contributed by atoms with Gasteiger partial charge in [0.1, 0.15) is 0 Å². The average Bonchev–Trinajstić information content (AvgIpc) is 2.93. The molecule has 2 aliphatic heterocycles. The molecule has 0 aliphatic carbocycles. The van der Waals surface area contributed by atoms with Crippen LogP contribution in [0.25, 0.3) is 43.1 Å². The van der Waals surface area contributed by atoms with Crippen LogP contribution in [-0.2, 0) is 0 Å². The van der Waals surface area contributed by atoms with Gasteiger partial charge in [0.25, 0.3) is 23.6 Å². The monoisotopic (exact) mass is 551 g/mol. The van der Waals surface area contributed by atoms with E-state index in [4.69, 9.17) is 0 Å². The molecule has 5 aromatic carbocycles. The number of rotatable bonds is 6. The van der Waals surface area contributed by atoms with E-state index in [1.165, 1.54) is 4.90 Å². The Balaban J connectivity index is 0.00000169. The van der Waals surface area contributed by atoms with Crippen molar-refractivity contribution in [2.24, 2.45) is 0 Å². The predicted molar refractivity (Wildman–Crippen MR) is 162 cm³/mol. The Hall–Kier alpha value is -4.40. The molecular formula is C33H33N3O5. The van der Waals surface area contributed by atoms with Gasteiger partial charge in [-0.25, -0.2) is 0 Å². The van der Waals surface area contributed by atoms with Crippen molar-refractivity contribution in [1.82, 2.24) is 14.7 Å². The lowest BCUT2D eigenvalue weighted by Gasteiger charge is -2.30. The summed E-state index contributed by atoms with van der Waals surface area (Å²) in [7, 11) is 3.92. The summed E-state index contributed by atoms with van der Waals surface area (Å²) >= 11 is 0. The van der Waals surface area contributed by atoms with Gasteiger partial charge in [-0.1, -0.05) is 39.1 Å². The molecule has 0 saturated carbocycles. The zero-order valence-corrected chi connectivity index (χ0v) is 21.6. The Kier molecular flexibility index (Phi) is 6.80. The highest BCUT2D eigenvalue weighted by molar-refractivity contribution is 6.41. The molecule has 8 nitrogen and oxygen atoms in total. The Morgan fingerprint density at radius 1 is 0.561 bits per heavy atom. The van der Waals surface area contributed by atoms with Crippen LogP contribution in [0.5, 0.6) is 0 Å². The zero-order chi connectivity index (χ0) is 27.2. The van der Waals surface area contributed by atoms with Crippen LogP contribution in [0.2, 0.25) is 0 Å². The molecule has 41 heavy (non-hydrogen) atoms. The summed E-state index contributed by atoms with van der Waals surface area (Å²) < 4.78 is 0. The van der Waals surface area contributed by atoms with Gasteiger partial charge in [-0.05, 0) is 83.6 Å². The minimum atomic E-state index is -0.424. The van der Waals surface area contributed by atoms with E-state index in [2.05, 4.69) is 0 Å². The third-order valence-electron chi connectivity index (χ3n) is 8.11. The number of carbonyl (C=O) groups is 4. The lowest BCUT2D eigenvalue weighted by molar-refractivity contribution is 0.0574. The number of β-amino-alcohol motifs (C(OH)–C–C–N with tert-alkyl or cyclic N) is 1. The van der Waals surface area contributed by atoms with Crippen LogP contribution in [0.15, 0.2) is 48.5 Å². The first-order valence-corrected chi connectivity index (χ1v) is 13.0. The standard InChI is InChI=1S/C31H25N3O5.2CH4/c1-32(2)12-3-13-33-28(36)20-8-4-16-18-6-10-22-27-23(31(39)34(14-15-35)30(22)38)11-7-19(25(18)27)17-5-9-21(29(33)37)26(20)24(16)17;;/h4-11,35H,3,12-15H2,1-2H3;2*1H4. The highest BCUT2D eigenvalue weighted by atomic mass is 16.3. The largest absolute Gasteiger partial charge is 0.395 e. The summed E-state index contributed by atoms with van der Waals surface area (Å²) in [5, 5.41) is 15.8. The second kappa shape index (κ2) is 9.90. The predicted octanol–water partition coefficient (Wildman–Crippen LogP) is 5.15. The third kappa shape index (κ3) is 3.67. The first-order valence-electron chi connectivity index (χ1n) is 13.0. The molecule has 0 bridgehead atoms. The van der Waals surface area contributed by atoms with E-state index in [9.17, 15) is 24.3 Å². The van der Waals surface area contributed by atoms with Crippen LogP contribution in [0.4, 0.5) is 0 Å². The normalized spacial score (nSPS) is 14.6. The van der Waals surface area contributed by atoms with E-state index in [0.29, 0.717) is 46.0 Å². The van der Waals surface area contributed by atoms with Crippen LogP contribution < -0.4 is 0 Å². The number of aliphatic hydroxyl groups excluding tert-OH is 1. The van der Waals surface area contributed by atoms with Gasteiger partial charge in [0.2, 0.25) is 0 Å². The number of imide groups is 2. The van der Waals surface area contributed by atoms with Gasteiger partial charge in [-0.15, -0.1) is 0 Å². The topological polar surface area (TPSA) is 98.2 Å². The lowest BCUT2D eigenvalue weighted by atomic mass is 9.82. The van der Waals surface area contributed by atoms with Gasteiger partial charge in [-0.3, -0.25) is 29.0 Å². The van der Waals surface area contributed by atoms with Crippen molar-refractivity contribution in [1.29, 1.82) is 0 Å². The van der Waals surface area contributed by atoms with Gasteiger partial charge in [-0.2, -0.15) is 0 Å². The summed E-state index contributed by atoms with van der Waals surface area (Å²) in [6.07, 6.45) is 0.687. The molecule has 0 fully saturated rings. The fourth-order valence-electron chi connectivity index (χ4n) is 6.42. The van der Waals surface area contributed by atoms with Crippen molar-refractivity contribution >= 4 is 66.7 Å². The number of aliphatic hydroxyl groups is 1. The minimum Gasteiger partial charge on any atom is -0.395 e. The van der Waals surface area contributed by atoms with Gasteiger partial charge >= 0.3 is 0 Å². The zero-order valence-electron chi connectivity index (χ0n) is 21.6. The van der Waals surface area contributed by atoms with Gasteiger partial charge < -0.3 is 10.0 Å². The first-order chi connectivity index (χ1) is 18.8. The number of carbonyl (C=O) groups excluding carboxylic acids is 4. The van der Waals surface area contributed by atoms with Crippen molar-refractivity contribution < 1.29 is 24.3 Å². The van der Waals surface area contributed by atoms with Crippen molar-refractivity contribution in [2.45, 2.75) is 21.3 Å². The van der Waals surface area contributed by atoms with E-state index < -0.39 is 11.8 Å². The van der Waals surface area contributed by atoms with Crippen LogP contribution in [0.3, 0.4) is 0 Å².